The van der Waals surface area contributed by atoms with Gasteiger partial charge in [-0.05, 0) is 111 Å². The normalized spacial score (nSPS) is 14.8. The van der Waals surface area contributed by atoms with E-state index in [-0.39, 0.29) is 10.8 Å². The van der Waals surface area contributed by atoms with E-state index >= 15 is 0 Å². The molecule has 0 bridgehead atoms. The highest BCUT2D eigenvalue weighted by molar-refractivity contribution is 6.27. The maximum atomic E-state index is 2.46. The fourth-order valence-corrected chi connectivity index (χ4v) is 9.05. The van der Waals surface area contributed by atoms with Gasteiger partial charge in [0, 0.05) is 10.8 Å². The summed E-state index contributed by atoms with van der Waals surface area (Å²) < 4.78 is 0. The Labute approximate surface area is 284 Å². The van der Waals surface area contributed by atoms with Crippen LogP contribution in [0.15, 0.2) is 133 Å². The van der Waals surface area contributed by atoms with Crippen LogP contribution in [-0.2, 0) is 10.8 Å². The average molecular weight is 617 g/mol. The Bertz CT molecular complexity index is 2390. The molecule has 0 N–H and O–H groups in total. The first-order valence-corrected chi connectivity index (χ1v) is 17.5. The Kier molecular flexibility index (Phi) is 6.13. The largest absolute Gasteiger partial charge is 0.0683 e. The Balaban J connectivity index is 0.00000154. The van der Waals surface area contributed by atoms with E-state index in [1.54, 1.807) is 0 Å². The molecule has 0 unspecified atom stereocenters. The Hall–Kier alpha value is -5.20. The predicted molar refractivity (Wildman–Crippen MR) is 207 cm³/mol. The molecular formula is C48H40. The number of hydrogen-bond donors (Lipinski definition) is 0. The smallest absolute Gasteiger partial charge is 0.0159 e. The summed E-state index contributed by atoms with van der Waals surface area (Å²) in [4.78, 5) is 0. The second-order valence-electron chi connectivity index (χ2n) is 14.5. The van der Waals surface area contributed by atoms with Gasteiger partial charge in [0.15, 0.2) is 0 Å². The van der Waals surface area contributed by atoms with Crippen molar-refractivity contribution in [1.82, 2.24) is 0 Å². The molecule has 48 heavy (non-hydrogen) atoms. The standard InChI is InChI=1S/C46H34.C2H6/c1-45(2)39-11-7-5-9-33(39)35-21-17-29(25-41(35)45)31-19-13-27-16-24-38-32(20-14-28-15-23-37(31)43(27)44(28)38)30-18-22-36-34-10-6-8-12-40(34)46(3,4)42(36)26-30;1-2/h5-26H,1-4H3;1-2H3. The lowest BCUT2D eigenvalue weighted by molar-refractivity contribution is 0.660. The predicted octanol–water partition coefficient (Wildman–Crippen LogP) is 13.6. The first-order valence-electron chi connectivity index (χ1n) is 17.5. The van der Waals surface area contributed by atoms with Crippen LogP contribution in [0.2, 0.25) is 0 Å². The third-order valence-electron chi connectivity index (χ3n) is 11.5. The highest BCUT2D eigenvalue weighted by Gasteiger charge is 2.36. The zero-order valence-corrected chi connectivity index (χ0v) is 28.7. The van der Waals surface area contributed by atoms with Crippen molar-refractivity contribution in [3.05, 3.63) is 156 Å². The molecule has 0 fully saturated rings. The summed E-state index contributed by atoms with van der Waals surface area (Å²) in [7, 11) is 0. The molecule has 0 amide bonds. The van der Waals surface area contributed by atoms with Crippen molar-refractivity contribution in [2.24, 2.45) is 0 Å². The maximum Gasteiger partial charge on any atom is 0.0159 e. The van der Waals surface area contributed by atoms with E-state index in [2.05, 4.69) is 161 Å². The Morgan fingerprint density at radius 2 is 0.688 bits per heavy atom. The van der Waals surface area contributed by atoms with Crippen molar-refractivity contribution in [1.29, 1.82) is 0 Å². The van der Waals surface area contributed by atoms with Crippen LogP contribution in [-0.4, -0.2) is 0 Å². The van der Waals surface area contributed by atoms with Crippen molar-refractivity contribution in [3.8, 4) is 44.5 Å². The number of hydrogen-bond acceptors (Lipinski definition) is 0. The summed E-state index contributed by atoms with van der Waals surface area (Å²) in [5.74, 6) is 0. The summed E-state index contributed by atoms with van der Waals surface area (Å²) in [5.41, 5.74) is 16.3. The van der Waals surface area contributed by atoms with Gasteiger partial charge in [-0.25, -0.2) is 0 Å². The molecule has 10 rings (SSSR count). The zero-order valence-electron chi connectivity index (χ0n) is 28.7. The van der Waals surface area contributed by atoms with Crippen LogP contribution in [0.1, 0.15) is 63.8 Å². The molecule has 0 aliphatic heterocycles. The van der Waals surface area contributed by atoms with E-state index in [4.69, 9.17) is 0 Å². The lowest BCUT2D eigenvalue weighted by Crippen LogP contribution is -2.14. The number of benzene rings is 8. The van der Waals surface area contributed by atoms with Gasteiger partial charge in [-0.2, -0.15) is 0 Å². The minimum Gasteiger partial charge on any atom is -0.0683 e. The topological polar surface area (TPSA) is 0 Å². The number of rotatable bonds is 2. The minimum absolute atomic E-state index is 0.0214. The van der Waals surface area contributed by atoms with E-state index in [0.29, 0.717) is 0 Å². The van der Waals surface area contributed by atoms with Crippen molar-refractivity contribution >= 4 is 32.3 Å². The Morgan fingerprint density at radius 1 is 0.333 bits per heavy atom. The number of fused-ring (bicyclic) bond motifs is 6. The van der Waals surface area contributed by atoms with Crippen molar-refractivity contribution in [2.45, 2.75) is 52.4 Å². The summed E-state index contributed by atoms with van der Waals surface area (Å²) in [5, 5.41) is 7.98. The monoisotopic (exact) mass is 616 g/mol. The van der Waals surface area contributed by atoms with Crippen LogP contribution in [0.4, 0.5) is 0 Å². The van der Waals surface area contributed by atoms with Gasteiger partial charge in [-0.15, -0.1) is 0 Å². The molecular weight excluding hydrogens is 577 g/mol. The molecule has 0 saturated carbocycles. The SMILES string of the molecule is CC.CC1(C)c2ccccc2-c2ccc(-c3ccc4ccc5c(-c6ccc7c(c6)C(C)(C)c6ccccc6-7)ccc6ccc3c4c65)cc21. The fraction of sp³-hybridized carbons (Fsp3) is 0.167. The first kappa shape index (κ1) is 29.0. The summed E-state index contributed by atoms with van der Waals surface area (Å²) in [6, 6.07) is 50.7. The van der Waals surface area contributed by atoms with Crippen LogP contribution >= 0.6 is 0 Å². The van der Waals surface area contributed by atoms with Crippen LogP contribution in [0.3, 0.4) is 0 Å². The molecule has 0 nitrogen and oxygen atoms in total. The molecule has 232 valence electrons. The average Bonchev–Trinajstić information content (AvgIpc) is 3.50. The Morgan fingerprint density at radius 3 is 1.12 bits per heavy atom. The third-order valence-corrected chi connectivity index (χ3v) is 11.5. The van der Waals surface area contributed by atoms with Crippen LogP contribution in [0.5, 0.6) is 0 Å². The van der Waals surface area contributed by atoms with Gasteiger partial charge in [0.25, 0.3) is 0 Å². The van der Waals surface area contributed by atoms with Crippen molar-refractivity contribution in [2.75, 3.05) is 0 Å². The van der Waals surface area contributed by atoms with E-state index in [0.717, 1.165) is 0 Å². The van der Waals surface area contributed by atoms with Gasteiger partial charge < -0.3 is 0 Å². The van der Waals surface area contributed by atoms with E-state index in [1.807, 2.05) is 13.8 Å². The van der Waals surface area contributed by atoms with Gasteiger partial charge in [0.05, 0.1) is 0 Å². The van der Waals surface area contributed by atoms with E-state index in [9.17, 15) is 0 Å². The molecule has 0 saturated heterocycles. The molecule has 0 radical (unpaired) electrons. The summed E-state index contributed by atoms with van der Waals surface area (Å²) in [6.45, 7) is 13.5. The molecule has 2 aliphatic carbocycles. The van der Waals surface area contributed by atoms with Crippen LogP contribution in [0, 0.1) is 0 Å². The second kappa shape index (κ2) is 10.1. The molecule has 8 aromatic rings. The molecule has 0 aromatic heterocycles. The van der Waals surface area contributed by atoms with Crippen molar-refractivity contribution in [3.63, 3.8) is 0 Å². The van der Waals surface area contributed by atoms with Crippen molar-refractivity contribution < 1.29 is 0 Å². The third kappa shape index (κ3) is 3.78. The summed E-state index contributed by atoms with van der Waals surface area (Å²) in [6.07, 6.45) is 0. The minimum atomic E-state index is -0.0214. The quantitative estimate of drug-likeness (QED) is 0.170. The van der Waals surface area contributed by atoms with Gasteiger partial charge >= 0.3 is 0 Å². The van der Waals surface area contributed by atoms with Gasteiger partial charge in [0.2, 0.25) is 0 Å². The lowest BCUT2D eigenvalue weighted by Gasteiger charge is -2.23. The highest BCUT2D eigenvalue weighted by Crippen LogP contribution is 2.52. The molecule has 2 aliphatic rings. The van der Waals surface area contributed by atoms with Crippen LogP contribution < -0.4 is 0 Å². The molecule has 0 heterocycles. The van der Waals surface area contributed by atoms with Gasteiger partial charge in [-0.3, -0.25) is 0 Å². The summed E-state index contributed by atoms with van der Waals surface area (Å²) >= 11 is 0. The van der Waals surface area contributed by atoms with E-state index in [1.165, 1.54) is 99.1 Å². The van der Waals surface area contributed by atoms with Crippen LogP contribution in [0.25, 0.3) is 76.8 Å². The zero-order chi connectivity index (χ0) is 32.9. The molecule has 0 heteroatoms. The molecule has 0 spiro atoms. The van der Waals surface area contributed by atoms with E-state index < -0.39 is 0 Å². The van der Waals surface area contributed by atoms with Gasteiger partial charge in [-0.1, -0.05) is 163 Å². The molecule has 8 aromatic carbocycles. The highest BCUT2D eigenvalue weighted by atomic mass is 14.4. The fourth-order valence-electron chi connectivity index (χ4n) is 9.05. The van der Waals surface area contributed by atoms with Gasteiger partial charge in [0.1, 0.15) is 0 Å². The second-order valence-corrected chi connectivity index (χ2v) is 14.5. The first-order chi connectivity index (χ1) is 23.3. The molecule has 0 atom stereocenters. The maximum absolute atomic E-state index is 2.46. The lowest BCUT2D eigenvalue weighted by atomic mass is 9.80.